The summed E-state index contributed by atoms with van der Waals surface area (Å²) < 4.78 is 26.2. The van der Waals surface area contributed by atoms with E-state index in [0.717, 1.165) is 31.4 Å². The SMILES string of the molecule is O=C(CCCCCC[C@@H]1[C@@H](CCC(O)C(=O)Nc2ccc(F)c(F)c2)[C@H](O)C[C@@H]1O)NO. The number of hydrogen-bond donors (Lipinski definition) is 6. The quantitative estimate of drug-likeness (QED) is 0.161. The first-order valence-corrected chi connectivity index (χ1v) is 11.0. The van der Waals surface area contributed by atoms with Crippen molar-refractivity contribution in [1.29, 1.82) is 0 Å². The van der Waals surface area contributed by atoms with Gasteiger partial charge in [-0.25, -0.2) is 14.3 Å². The van der Waals surface area contributed by atoms with E-state index in [4.69, 9.17) is 5.21 Å². The lowest BCUT2D eigenvalue weighted by Gasteiger charge is -2.24. The van der Waals surface area contributed by atoms with Gasteiger partial charge in [0, 0.05) is 18.2 Å². The first-order chi connectivity index (χ1) is 15.2. The third kappa shape index (κ3) is 7.77. The molecule has 6 N–H and O–H groups in total. The van der Waals surface area contributed by atoms with Crippen LogP contribution in [0, 0.1) is 23.5 Å². The lowest BCUT2D eigenvalue weighted by Crippen LogP contribution is -2.30. The van der Waals surface area contributed by atoms with Crippen LogP contribution in [-0.2, 0) is 9.59 Å². The third-order valence-corrected chi connectivity index (χ3v) is 6.10. The maximum atomic E-state index is 13.3. The number of hydrogen-bond acceptors (Lipinski definition) is 6. The van der Waals surface area contributed by atoms with E-state index in [1.54, 1.807) is 5.48 Å². The monoisotopic (exact) mass is 458 g/mol. The van der Waals surface area contributed by atoms with Gasteiger partial charge in [0.1, 0.15) is 6.10 Å². The van der Waals surface area contributed by atoms with Crippen molar-refractivity contribution >= 4 is 17.5 Å². The number of nitrogens with one attached hydrogen (secondary N) is 2. The van der Waals surface area contributed by atoms with E-state index < -0.39 is 41.8 Å². The molecule has 0 heterocycles. The van der Waals surface area contributed by atoms with Gasteiger partial charge >= 0.3 is 0 Å². The Hall–Kier alpha value is -2.14. The fraction of sp³-hybridized carbons (Fsp3) is 0.636. The first kappa shape index (κ1) is 26.1. The van der Waals surface area contributed by atoms with Crippen LogP contribution >= 0.6 is 0 Å². The molecule has 0 saturated heterocycles. The van der Waals surface area contributed by atoms with Crippen molar-refractivity contribution in [3.8, 4) is 0 Å². The van der Waals surface area contributed by atoms with Crippen LogP contribution in [-0.4, -0.2) is 50.7 Å². The van der Waals surface area contributed by atoms with Crippen LogP contribution in [0.15, 0.2) is 18.2 Å². The zero-order chi connectivity index (χ0) is 23.7. The van der Waals surface area contributed by atoms with E-state index in [9.17, 15) is 33.7 Å². The predicted octanol–water partition coefficient (Wildman–Crippen LogP) is 2.25. The molecule has 0 aromatic heterocycles. The molecule has 1 saturated carbocycles. The lowest BCUT2D eigenvalue weighted by molar-refractivity contribution is -0.129. The van der Waals surface area contributed by atoms with Gasteiger partial charge in [-0.2, -0.15) is 0 Å². The highest BCUT2D eigenvalue weighted by Gasteiger charge is 2.41. The maximum absolute atomic E-state index is 13.3. The Morgan fingerprint density at radius 2 is 1.66 bits per heavy atom. The van der Waals surface area contributed by atoms with Gasteiger partial charge in [0.2, 0.25) is 5.91 Å². The second-order valence-electron chi connectivity index (χ2n) is 8.40. The number of carbonyl (C=O) groups is 2. The van der Waals surface area contributed by atoms with Crippen molar-refractivity contribution in [2.45, 2.75) is 76.1 Å². The van der Waals surface area contributed by atoms with Crippen molar-refractivity contribution in [3.63, 3.8) is 0 Å². The van der Waals surface area contributed by atoms with E-state index in [-0.39, 0.29) is 36.8 Å². The zero-order valence-corrected chi connectivity index (χ0v) is 17.8. The molecule has 8 nitrogen and oxygen atoms in total. The van der Waals surface area contributed by atoms with Crippen LogP contribution in [0.25, 0.3) is 0 Å². The van der Waals surface area contributed by atoms with Gasteiger partial charge in [0.15, 0.2) is 11.6 Å². The molecule has 10 heteroatoms. The van der Waals surface area contributed by atoms with Gasteiger partial charge in [-0.05, 0) is 56.1 Å². The van der Waals surface area contributed by atoms with Crippen molar-refractivity contribution < 1.29 is 38.9 Å². The Morgan fingerprint density at radius 1 is 1.00 bits per heavy atom. The number of anilines is 1. The van der Waals surface area contributed by atoms with E-state index in [2.05, 4.69) is 5.32 Å². The Bertz CT molecular complexity index is 766. The van der Waals surface area contributed by atoms with Crippen LogP contribution < -0.4 is 10.8 Å². The van der Waals surface area contributed by atoms with Crippen LogP contribution in [0.1, 0.15) is 57.8 Å². The number of aliphatic hydroxyl groups excluding tert-OH is 3. The summed E-state index contributed by atoms with van der Waals surface area (Å²) in [6.45, 7) is 0. The predicted molar refractivity (Wildman–Crippen MR) is 111 cm³/mol. The average Bonchev–Trinajstić information content (AvgIpc) is 3.03. The molecule has 1 aromatic carbocycles. The number of aliphatic hydroxyl groups is 3. The summed E-state index contributed by atoms with van der Waals surface area (Å²) in [5.41, 5.74) is 1.61. The number of unbranched alkanes of at least 4 members (excludes halogenated alkanes) is 3. The zero-order valence-electron chi connectivity index (χ0n) is 17.8. The van der Waals surface area contributed by atoms with Gasteiger partial charge in [0.05, 0.1) is 12.2 Å². The van der Waals surface area contributed by atoms with Gasteiger partial charge < -0.3 is 20.6 Å². The number of rotatable bonds is 12. The molecule has 1 aliphatic carbocycles. The molecule has 1 unspecified atom stereocenters. The molecule has 1 aromatic rings. The van der Waals surface area contributed by atoms with Crippen LogP contribution in [0.2, 0.25) is 0 Å². The summed E-state index contributed by atoms with van der Waals surface area (Å²) in [6, 6.07) is 2.88. The van der Waals surface area contributed by atoms with E-state index in [1.165, 1.54) is 6.07 Å². The number of amides is 2. The standard InChI is InChI=1S/C22H32F2N2O6/c23-16-9-7-13(11-17(16)24)25-22(31)18(27)10-8-15-14(19(28)12-20(15)29)5-3-1-2-4-6-21(30)26-32/h7,9,11,14-15,18-20,27-29,32H,1-6,8,10,12H2,(H,25,31)(H,26,30)/t14-,15-,18?,19+,20-/m1/s1. The molecule has 5 atom stereocenters. The van der Waals surface area contributed by atoms with E-state index in [1.807, 2.05) is 0 Å². The van der Waals surface area contributed by atoms with Crippen molar-refractivity contribution in [3.05, 3.63) is 29.8 Å². The minimum Gasteiger partial charge on any atom is -0.393 e. The molecule has 180 valence electrons. The summed E-state index contributed by atoms with van der Waals surface area (Å²) >= 11 is 0. The summed E-state index contributed by atoms with van der Waals surface area (Å²) in [4.78, 5) is 23.1. The number of benzene rings is 1. The highest BCUT2D eigenvalue weighted by molar-refractivity contribution is 5.93. The molecule has 0 bridgehead atoms. The summed E-state index contributed by atoms with van der Waals surface area (Å²) in [5.74, 6) is -3.76. The third-order valence-electron chi connectivity index (χ3n) is 6.10. The molecule has 2 amide bonds. The van der Waals surface area contributed by atoms with Gasteiger partial charge in [-0.3, -0.25) is 14.8 Å². The van der Waals surface area contributed by atoms with Crippen molar-refractivity contribution in [2.24, 2.45) is 11.8 Å². The fourth-order valence-electron chi connectivity index (χ4n) is 4.34. The van der Waals surface area contributed by atoms with Crippen molar-refractivity contribution in [2.75, 3.05) is 5.32 Å². The second kappa shape index (κ2) is 12.8. The molecule has 0 radical (unpaired) electrons. The number of halogens is 2. The number of carbonyl (C=O) groups excluding carboxylic acids is 2. The fourth-order valence-corrected chi connectivity index (χ4v) is 4.34. The summed E-state index contributed by atoms with van der Waals surface area (Å²) in [7, 11) is 0. The highest BCUT2D eigenvalue weighted by atomic mass is 19.2. The van der Waals surface area contributed by atoms with Gasteiger partial charge in [0.25, 0.3) is 5.91 Å². The molecule has 0 spiro atoms. The normalized spacial score (nSPS) is 23.7. The topological polar surface area (TPSA) is 139 Å². The van der Waals surface area contributed by atoms with Crippen molar-refractivity contribution in [1.82, 2.24) is 5.48 Å². The van der Waals surface area contributed by atoms with E-state index in [0.29, 0.717) is 19.3 Å². The molecule has 1 fully saturated rings. The summed E-state index contributed by atoms with van der Waals surface area (Å²) in [6.07, 6.45) is 1.82. The Kier molecular flexibility index (Phi) is 10.4. The minimum absolute atomic E-state index is 0.0265. The molecular weight excluding hydrogens is 426 g/mol. The Balaban J connectivity index is 1.77. The number of hydroxylamine groups is 1. The molecular formula is C22H32F2N2O6. The Morgan fingerprint density at radius 3 is 2.31 bits per heavy atom. The maximum Gasteiger partial charge on any atom is 0.253 e. The average molecular weight is 459 g/mol. The van der Waals surface area contributed by atoms with Gasteiger partial charge in [-0.1, -0.05) is 19.3 Å². The van der Waals surface area contributed by atoms with Gasteiger partial charge in [-0.15, -0.1) is 0 Å². The highest BCUT2D eigenvalue weighted by Crippen LogP contribution is 2.39. The Labute approximate surface area is 185 Å². The van der Waals surface area contributed by atoms with Crippen LogP contribution in [0.3, 0.4) is 0 Å². The molecule has 2 rings (SSSR count). The second-order valence-corrected chi connectivity index (χ2v) is 8.40. The smallest absolute Gasteiger partial charge is 0.253 e. The lowest BCUT2D eigenvalue weighted by atomic mass is 9.85. The first-order valence-electron chi connectivity index (χ1n) is 11.0. The molecule has 0 aliphatic heterocycles. The molecule has 32 heavy (non-hydrogen) atoms. The van der Waals surface area contributed by atoms with Crippen LogP contribution in [0.4, 0.5) is 14.5 Å². The minimum atomic E-state index is -1.40. The van der Waals surface area contributed by atoms with E-state index >= 15 is 0 Å². The summed E-state index contributed by atoms with van der Waals surface area (Å²) in [5, 5.41) is 41.6. The van der Waals surface area contributed by atoms with Crippen LogP contribution in [0.5, 0.6) is 0 Å². The molecule has 1 aliphatic rings. The largest absolute Gasteiger partial charge is 0.393 e.